The highest BCUT2D eigenvalue weighted by Crippen LogP contribution is 2.40. The van der Waals surface area contributed by atoms with Crippen LogP contribution in [0.15, 0.2) is 36.7 Å². The van der Waals surface area contributed by atoms with E-state index in [4.69, 9.17) is 10.5 Å². The summed E-state index contributed by atoms with van der Waals surface area (Å²) in [6.45, 7) is 3.48. The molecule has 1 fully saturated rings. The van der Waals surface area contributed by atoms with Crippen molar-refractivity contribution in [3.8, 4) is 5.75 Å². The van der Waals surface area contributed by atoms with Crippen molar-refractivity contribution in [2.24, 2.45) is 5.73 Å². The first-order valence-electron chi connectivity index (χ1n) is 4.48. The molecule has 0 atom stereocenters. The maximum atomic E-state index is 5.32. The van der Waals surface area contributed by atoms with E-state index in [1.54, 1.807) is 0 Å². The average molecular weight is 175 g/mol. The van der Waals surface area contributed by atoms with Gasteiger partial charge in [-0.3, -0.25) is 0 Å². The molecule has 0 saturated heterocycles. The van der Waals surface area contributed by atoms with Crippen molar-refractivity contribution < 1.29 is 4.74 Å². The molecule has 1 aromatic rings. The summed E-state index contributed by atoms with van der Waals surface area (Å²) in [4.78, 5) is 0. The molecule has 0 bridgehead atoms. The molecule has 2 heteroatoms. The predicted molar refractivity (Wildman–Crippen MR) is 52.4 cm³/mol. The van der Waals surface area contributed by atoms with Crippen LogP contribution >= 0.6 is 0 Å². The summed E-state index contributed by atoms with van der Waals surface area (Å²) < 4.78 is 5.15. The summed E-state index contributed by atoms with van der Waals surface area (Å²) in [7, 11) is 0. The standard InChI is InChI=1S/C11H13NO/c1-8(12)13-11-6-4-10(5-7-11)9-2-3-9/h4-7,9H,1-3,12H2. The van der Waals surface area contributed by atoms with Gasteiger partial charge in [0.1, 0.15) is 5.75 Å². The third-order valence-electron chi connectivity index (χ3n) is 2.18. The summed E-state index contributed by atoms with van der Waals surface area (Å²) in [6.07, 6.45) is 2.65. The van der Waals surface area contributed by atoms with Crippen molar-refractivity contribution in [3.05, 3.63) is 42.3 Å². The Labute approximate surface area is 78.0 Å². The van der Waals surface area contributed by atoms with Gasteiger partial charge >= 0.3 is 0 Å². The van der Waals surface area contributed by atoms with Crippen molar-refractivity contribution in [2.45, 2.75) is 18.8 Å². The fourth-order valence-electron chi connectivity index (χ4n) is 1.38. The number of ether oxygens (including phenoxy) is 1. The van der Waals surface area contributed by atoms with Gasteiger partial charge in [0, 0.05) is 0 Å². The minimum atomic E-state index is 0.235. The molecular weight excluding hydrogens is 162 g/mol. The summed E-state index contributed by atoms with van der Waals surface area (Å²) >= 11 is 0. The number of hydrogen-bond donors (Lipinski definition) is 1. The second-order valence-electron chi connectivity index (χ2n) is 3.41. The van der Waals surface area contributed by atoms with Gasteiger partial charge in [0.2, 0.25) is 0 Å². The topological polar surface area (TPSA) is 35.2 Å². The minimum absolute atomic E-state index is 0.235. The highest BCUT2D eigenvalue weighted by molar-refractivity contribution is 5.32. The zero-order valence-electron chi connectivity index (χ0n) is 7.49. The van der Waals surface area contributed by atoms with E-state index >= 15 is 0 Å². The highest BCUT2D eigenvalue weighted by atomic mass is 16.5. The van der Waals surface area contributed by atoms with Crippen molar-refractivity contribution in [2.75, 3.05) is 0 Å². The van der Waals surface area contributed by atoms with Crippen molar-refractivity contribution >= 4 is 0 Å². The van der Waals surface area contributed by atoms with Crippen LogP contribution in [0.2, 0.25) is 0 Å². The fraction of sp³-hybridized carbons (Fsp3) is 0.273. The molecule has 68 valence electrons. The molecule has 1 aromatic carbocycles. The van der Waals surface area contributed by atoms with E-state index < -0.39 is 0 Å². The van der Waals surface area contributed by atoms with Crippen LogP contribution in [0.4, 0.5) is 0 Å². The molecular formula is C11H13NO. The lowest BCUT2D eigenvalue weighted by Crippen LogP contribution is -2.03. The van der Waals surface area contributed by atoms with E-state index in [1.807, 2.05) is 12.1 Å². The molecule has 0 radical (unpaired) electrons. The summed E-state index contributed by atoms with van der Waals surface area (Å²) in [5, 5.41) is 0. The average Bonchev–Trinajstić information content (AvgIpc) is 2.87. The first kappa shape index (κ1) is 8.17. The lowest BCUT2D eigenvalue weighted by atomic mass is 10.1. The molecule has 0 amide bonds. The van der Waals surface area contributed by atoms with Gasteiger partial charge < -0.3 is 10.5 Å². The molecule has 13 heavy (non-hydrogen) atoms. The quantitative estimate of drug-likeness (QED) is 0.716. The minimum Gasteiger partial charge on any atom is -0.442 e. The van der Waals surface area contributed by atoms with Crippen LogP contribution in [-0.2, 0) is 0 Å². The maximum Gasteiger partial charge on any atom is 0.183 e. The molecule has 0 aliphatic heterocycles. The molecule has 1 aliphatic carbocycles. The van der Waals surface area contributed by atoms with Crippen LogP contribution in [0.1, 0.15) is 24.3 Å². The molecule has 2 rings (SSSR count). The summed E-state index contributed by atoms with van der Waals surface area (Å²) in [6, 6.07) is 8.06. The SMILES string of the molecule is C=C(N)Oc1ccc(C2CC2)cc1. The molecule has 0 spiro atoms. The Bertz CT molecular complexity index is 311. The number of rotatable bonds is 3. The second-order valence-corrected chi connectivity index (χ2v) is 3.41. The molecule has 1 saturated carbocycles. The first-order chi connectivity index (χ1) is 6.25. The zero-order chi connectivity index (χ0) is 9.26. The number of benzene rings is 1. The van der Waals surface area contributed by atoms with Crippen molar-refractivity contribution in [1.82, 2.24) is 0 Å². The first-order valence-corrected chi connectivity index (χ1v) is 4.48. The van der Waals surface area contributed by atoms with Gasteiger partial charge in [0.05, 0.1) is 0 Å². The van der Waals surface area contributed by atoms with Crippen LogP contribution in [0.3, 0.4) is 0 Å². The van der Waals surface area contributed by atoms with Crippen molar-refractivity contribution in [3.63, 3.8) is 0 Å². The smallest absolute Gasteiger partial charge is 0.183 e. The van der Waals surface area contributed by atoms with Crippen LogP contribution in [0.5, 0.6) is 5.75 Å². The Hall–Kier alpha value is -1.44. The lowest BCUT2D eigenvalue weighted by molar-refractivity contribution is 0.422. The monoisotopic (exact) mass is 175 g/mol. The van der Waals surface area contributed by atoms with Crippen LogP contribution in [-0.4, -0.2) is 0 Å². The maximum absolute atomic E-state index is 5.32. The highest BCUT2D eigenvalue weighted by Gasteiger charge is 2.22. The van der Waals surface area contributed by atoms with Crippen molar-refractivity contribution in [1.29, 1.82) is 0 Å². The third-order valence-corrected chi connectivity index (χ3v) is 2.18. The van der Waals surface area contributed by atoms with E-state index in [0.717, 1.165) is 11.7 Å². The van der Waals surface area contributed by atoms with Gasteiger partial charge in [0.25, 0.3) is 0 Å². The van der Waals surface area contributed by atoms with Gasteiger partial charge in [-0.25, -0.2) is 0 Å². The van der Waals surface area contributed by atoms with E-state index in [1.165, 1.54) is 18.4 Å². The number of nitrogens with two attached hydrogens (primary N) is 1. The fourth-order valence-corrected chi connectivity index (χ4v) is 1.38. The molecule has 2 N–H and O–H groups in total. The van der Waals surface area contributed by atoms with Gasteiger partial charge in [0.15, 0.2) is 5.88 Å². The van der Waals surface area contributed by atoms with E-state index in [0.29, 0.717) is 0 Å². The summed E-state index contributed by atoms with van der Waals surface area (Å²) in [5.74, 6) is 1.78. The van der Waals surface area contributed by atoms with Crippen LogP contribution < -0.4 is 10.5 Å². The Balaban J connectivity index is 2.08. The third kappa shape index (κ3) is 2.02. The van der Waals surface area contributed by atoms with Gasteiger partial charge in [-0.2, -0.15) is 0 Å². The van der Waals surface area contributed by atoms with Crippen LogP contribution in [0, 0.1) is 0 Å². The van der Waals surface area contributed by atoms with Gasteiger partial charge in [-0.1, -0.05) is 12.1 Å². The Morgan fingerprint density at radius 3 is 2.38 bits per heavy atom. The second kappa shape index (κ2) is 3.13. The molecule has 1 aliphatic rings. The Morgan fingerprint density at radius 1 is 1.31 bits per heavy atom. The molecule has 0 aromatic heterocycles. The van der Waals surface area contributed by atoms with Gasteiger partial charge in [-0.05, 0) is 43.0 Å². The van der Waals surface area contributed by atoms with E-state index in [9.17, 15) is 0 Å². The van der Waals surface area contributed by atoms with Gasteiger partial charge in [-0.15, -0.1) is 0 Å². The normalized spacial score (nSPS) is 15.4. The molecule has 0 unspecified atom stereocenters. The number of hydrogen-bond acceptors (Lipinski definition) is 2. The van der Waals surface area contributed by atoms with E-state index in [2.05, 4.69) is 18.7 Å². The summed E-state index contributed by atoms with van der Waals surface area (Å²) in [5.41, 5.74) is 6.72. The van der Waals surface area contributed by atoms with Crippen LogP contribution in [0.25, 0.3) is 0 Å². The molecule has 0 heterocycles. The lowest BCUT2D eigenvalue weighted by Gasteiger charge is -2.04. The van der Waals surface area contributed by atoms with E-state index in [-0.39, 0.29) is 5.88 Å². The largest absolute Gasteiger partial charge is 0.442 e. The molecule has 2 nitrogen and oxygen atoms in total. The Morgan fingerprint density at radius 2 is 1.92 bits per heavy atom. The Kier molecular flexibility index (Phi) is 1.97. The predicted octanol–water partition coefficient (Wildman–Crippen LogP) is 2.37. The zero-order valence-corrected chi connectivity index (χ0v) is 7.49.